The van der Waals surface area contributed by atoms with E-state index in [9.17, 15) is 18.4 Å². The summed E-state index contributed by atoms with van der Waals surface area (Å²) >= 11 is 0. The van der Waals surface area contributed by atoms with Crippen LogP contribution in [0.15, 0.2) is 36.7 Å². The molecule has 0 saturated carbocycles. The number of carbonyl (C=O) groups is 2. The molecule has 0 aliphatic carbocycles. The van der Waals surface area contributed by atoms with Gasteiger partial charge in [-0.05, 0) is 79.3 Å². The highest BCUT2D eigenvalue weighted by Crippen LogP contribution is 2.44. The second kappa shape index (κ2) is 14.7. The molecule has 1 amide bonds. The number of hydrogen-bond acceptors (Lipinski definition) is 9. The van der Waals surface area contributed by atoms with Crippen molar-refractivity contribution < 1.29 is 23.5 Å². The van der Waals surface area contributed by atoms with Crippen LogP contribution < -0.4 is 9.80 Å². The number of likely N-dealkylation sites (tertiary alicyclic amines) is 1. The lowest BCUT2D eigenvalue weighted by molar-refractivity contribution is -0.129. The average Bonchev–Trinajstić information content (AvgIpc) is 3.78. The number of aromatic nitrogens is 6. The number of hydrogen-bond donors (Lipinski definition) is 1. The SMILES string of the molecule is CC(=O)N1CCc2c(c(N3CCCc4cc(-c5cnn(C)c5)c(C(F)F)cc43)nn2C2CCN(C[C@H]3CCN(c4ccc(C(=O)O)nn4)C[C@@H]3C)CC2)C1. The zero-order chi connectivity index (χ0) is 37.7. The van der Waals surface area contributed by atoms with Gasteiger partial charge >= 0.3 is 5.97 Å². The first-order valence-corrected chi connectivity index (χ1v) is 19.2. The predicted octanol–water partition coefficient (Wildman–Crippen LogP) is 5.50. The minimum atomic E-state index is -2.65. The third-order valence-corrected chi connectivity index (χ3v) is 12.1. The molecule has 54 heavy (non-hydrogen) atoms. The highest BCUT2D eigenvalue weighted by Gasteiger charge is 2.36. The Kier molecular flexibility index (Phi) is 9.84. The topological polar surface area (TPSA) is 129 Å². The minimum Gasteiger partial charge on any atom is -0.476 e. The standard InChI is InChI=1S/C39H48F2N10O3/c1-24-20-49(36-7-6-33(39(53)54)43-44-36)15-8-27(24)22-47-13-9-29(10-14-47)51-34-11-16-48(25(2)52)23-32(34)38(45-51)50-12-4-5-26-17-30(28-19-42-46(3)21-28)31(37(40)41)18-35(26)50/h6-7,17-19,21,24,27,29,37H,4-5,8-16,20,22-23H2,1-3H3,(H,53,54)/t24-,27+/m0/s1. The molecule has 15 heteroatoms. The van der Waals surface area contributed by atoms with E-state index in [-0.39, 0.29) is 23.2 Å². The van der Waals surface area contributed by atoms with Gasteiger partial charge in [0.25, 0.3) is 6.43 Å². The van der Waals surface area contributed by atoms with E-state index in [0.717, 1.165) is 99.0 Å². The summed E-state index contributed by atoms with van der Waals surface area (Å²) in [5, 5.41) is 26.8. The smallest absolute Gasteiger partial charge is 0.356 e. The average molecular weight is 743 g/mol. The van der Waals surface area contributed by atoms with Crippen LogP contribution >= 0.6 is 0 Å². The summed E-state index contributed by atoms with van der Waals surface area (Å²) in [4.78, 5) is 32.6. The highest BCUT2D eigenvalue weighted by atomic mass is 19.3. The predicted molar refractivity (Wildman–Crippen MR) is 199 cm³/mol. The fraction of sp³-hybridized carbons (Fsp3) is 0.538. The van der Waals surface area contributed by atoms with Crippen LogP contribution in [0, 0.1) is 11.8 Å². The minimum absolute atomic E-state index is 0.0113. The molecule has 8 rings (SSSR count). The van der Waals surface area contributed by atoms with Crippen LogP contribution in [0.4, 0.5) is 26.1 Å². The molecule has 0 bridgehead atoms. The number of aromatic carboxylic acids is 1. The van der Waals surface area contributed by atoms with Gasteiger partial charge < -0.3 is 24.7 Å². The normalized spacial score (nSPS) is 21.0. The van der Waals surface area contributed by atoms with Crippen LogP contribution in [0.25, 0.3) is 11.1 Å². The summed E-state index contributed by atoms with van der Waals surface area (Å²) in [5.74, 6) is 1.44. The van der Waals surface area contributed by atoms with E-state index in [1.165, 1.54) is 6.07 Å². The quantitative estimate of drug-likeness (QED) is 0.247. The van der Waals surface area contributed by atoms with Crippen LogP contribution in [0.1, 0.15) is 84.9 Å². The number of fused-ring (bicyclic) bond motifs is 2. The highest BCUT2D eigenvalue weighted by molar-refractivity contribution is 5.85. The first kappa shape index (κ1) is 36.1. The molecule has 4 aliphatic heterocycles. The van der Waals surface area contributed by atoms with Gasteiger partial charge in [-0.1, -0.05) is 6.92 Å². The maximum atomic E-state index is 14.7. The number of aryl methyl sites for hydroxylation is 2. The van der Waals surface area contributed by atoms with Gasteiger partial charge in [0.05, 0.1) is 18.8 Å². The number of carbonyl (C=O) groups excluding carboxylic acids is 1. The molecule has 0 unspecified atom stereocenters. The number of halogens is 2. The number of rotatable bonds is 8. The van der Waals surface area contributed by atoms with Gasteiger partial charge in [-0.2, -0.15) is 10.2 Å². The number of piperidine rings is 2. The Bertz CT molecular complexity index is 2020. The molecule has 4 aromatic rings. The number of amides is 1. The lowest BCUT2D eigenvalue weighted by Gasteiger charge is -2.41. The van der Waals surface area contributed by atoms with Crippen molar-refractivity contribution in [2.75, 3.05) is 55.6 Å². The van der Waals surface area contributed by atoms with Crippen molar-refractivity contribution in [1.29, 1.82) is 0 Å². The monoisotopic (exact) mass is 742 g/mol. The first-order valence-electron chi connectivity index (χ1n) is 19.2. The van der Waals surface area contributed by atoms with Crippen molar-refractivity contribution in [2.24, 2.45) is 18.9 Å². The molecule has 13 nitrogen and oxygen atoms in total. The Morgan fingerprint density at radius 1 is 1.02 bits per heavy atom. The van der Waals surface area contributed by atoms with Gasteiger partial charge in [0.2, 0.25) is 5.91 Å². The third kappa shape index (κ3) is 6.93. The molecular weight excluding hydrogens is 694 g/mol. The largest absolute Gasteiger partial charge is 0.476 e. The third-order valence-electron chi connectivity index (χ3n) is 12.1. The van der Waals surface area contributed by atoms with E-state index in [2.05, 4.69) is 41.6 Å². The van der Waals surface area contributed by atoms with Crippen LogP contribution in [0.2, 0.25) is 0 Å². The van der Waals surface area contributed by atoms with Crippen molar-refractivity contribution in [1.82, 2.24) is 39.6 Å². The van der Waals surface area contributed by atoms with E-state index in [0.29, 0.717) is 49.0 Å². The van der Waals surface area contributed by atoms with Crippen molar-refractivity contribution in [3.63, 3.8) is 0 Å². The van der Waals surface area contributed by atoms with E-state index < -0.39 is 12.4 Å². The Morgan fingerprint density at radius 2 is 1.83 bits per heavy atom. The lowest BCUT2D eigenvalue weighted by Crippen LogP contribution is -2.46. The van der Waals surface area contributed by atoms with Crippen LogP contribution in [-0.2, 0) is 31.2 Å². The van der Waals surface area contributed by atoms with Gasteiger partial charge in [0.1, 0.15) is 0 Å². The molecule has 2 atom stereocenters. The number of nitrogens with zero attached hydrogens (tertiary/aromatic N) is 10. The molecule has 2 fully saturated rings. The van der Waals surface area contributed by atoms with Gasteiger partial charge in [-0.25, -0.2) is 13.6 Å². The number of carboxylic acids is 1. The van der Waals surface area contributed by atoms with E-state index in [4.69, 9.17) is 10.2 Å². The lowest BCUT2D eigenvalue weighted by atomic mass is 9.86. The van der Waals surface area contributed by atoms with E-state index >= 15 is 0 Å². The Balaban J connectivity index is 0.997. The Labute approximate surface area is 313 Å². The van der Waals surface area contributed by atoms with E-state index in [1.54, 1.807) is 43.2 Å². The number of anilines is 3. The fourth-order valence-electron chi connectivity index (χ4n) is 9.04. The van der Waals surface area contributed by atoms with Crippen molar-refractivity contribution in [3.8, 4) is 11.1 Å². The molecule has 286 valence electrons. The molecule has 0 spiro atoms. The maximum Gasteiger partial charge on any atom is 0.356 e. The molecule has 1 N–H and O–H groups in total. The number of benzene rings is 1. The molecule has 1 aromatic carbocycles. The summed E-state index contributed by atoms with van der Waals surface area (Å²) in [7, 11) is 1.79. The fourth-order valence-corrected chi connectivity index (χ4v) is 9.04. The molecular formula is C39H48F2N10O3. The molecule has 3 aromatic heterocycles. The molecule has 7 heterocycles. The summed E-state index contributed by atoms with van der Waals surface area (Å²) in [6.07, 6.45) is 6.08. The Hall–Kier alpha value is -4.92. The summed E-state index contributed by atoms with van der Waals surface area (Å²) in [6, 6.07) is 7.05. The second-order valence-corrected chi connectivity index (χ2v) is 15.5. The maximum absolute atomic E-state index is 14.7. The van der Waals surface area contributed by atoms with Crippen LogP contribution in [0.5, 0.6) is 0 Å². The van der Waals surface area contributed by atoms with Gasteiger partial charge in [-0.15, -0.1) is 10.2 Å². The van der Waals surface area contributed by atoms with Crippen molar-refractivity contribution in [2.45, 2.75) is 71.4 Å². The molecule has 4 aliphatic rings. The first-order chi connectivity index (χ1) is 26.0. The number of alkyl halides is 2. The number of carboxylic acid groups (broad SMARTS) is 1. The van der Waals surface area contributed by atoms with Gasteiger partial charge in [-0.3, -0.25) is 14.2 Å². The van der Waals surface area contributed by atoms with Crippen LogP contribution in [-0.4, -0.2) is 102 Å². The molecule has 2 saturated heterocycles. The van der Waals surface area contributed by atoms with Crippen molar-refractivity contribution in [3.05, 3.63) is 64.7 Å². The second-order valence-electron chi connectivity index (χ2n) is 15.5. The van der Waals surface area contributed by atoms with Gasteiger partial charge in [0.15, 0.2) is 17.3 Å². The molecule has 0 radical (unpaired) electrons. The van der Waals surface area contributed by atoms with Crippen molar-refractivity contribution >= 4 is 29.2 Å². The summed E-state index contributed by atoms with van der Waals surface area (Å²) in [6.45, 7) is 10.3. The van der Waals surface area contributed by atoms with Crippen LogP contribution in [0.3, 0.4) is 0 Å². The van der Waals surface area contributed by atoms with Gasteiger partial charge in [0, 0.05) is 100 Å². The van der Waals surface area contributed by atoms with E-state index in [1.807, 2.05) is 11.0 Å². The zero-order valence-electron chi connectivity index (χ0n) is 31.2. The Morgan fingerprint density at radius 3 is 2.50 bits per heavy atom. The summed E-state index contributed by atoms with van der Waals surface area (Å²) < 4.78 is 33.2. The summed E-state index contributed by atoms with van der Waals surface area (Å²) in [5.41, 5.74) is 5.12. The zero-order valence-corrected chi connectivity index (χ0v) is 31.2.